The van der Waals surface area contributed by atoms with Crippen molar-refractivity contribution in [3.63, 3.8) is 0 Å². The Balaban J connectivity index is 2.05. The van der Waals surface area contributed by atoms with Crippen molar-refractivity contribution in [1.82, 2.24) is 14.8 Å². The molecule has 4 N–H and O–H groups in total. The molecular formula is C13H14FN5O3. The zero-order chi connectivity index (χ0) is 16.3. The first-order valence-corrected chi connectivity index (χ1v) is 6.25. The maximum Gasteiger partial charge on any atom is 0.267 e. The Hall–Kier alpha value is -2.81. The van der Waals surface area contributed by atoms with Crippen LogP contribution in [0.4, 0.5) is 10.1 Å². The largest absolute Gasteiger partial charge is 0.378 e. The molecule has 1 unspecified atom stereocenters. The quantitative estimate of drug-likeness (QED) is 0.712. The first-order chi connectivity index (χ1) is 10.3. The Kier molecular flexibility index (Phi) is 4.18. The summed E-state index contributed by atoms with van der Waals surface area (Å²) >= 11 is 0. The van der Waals surface area contributed by atoms with E-state index in [0.717, 1.165) is 17.1 Å². The van der Waals surface area contributed by atoms with Crippen LogP contribution in [0.5, 0.6) is 0 Å². The number of nitrogens with zero attached hydrogens (tertiary/aromatic N) is 3. The van der Waals surface area contributed by atoms with E-state index in [1.165, 1.54) is 25.3 Å². The molecule has 0 saturated heterocycles. The maximum atomic E-state index is 12.8. The van der Waals surface area contributed by atoms with Gasteiger partial charge in [0.1, 0.15) is 5.69 Å². The molecule has 2 aromatic rings. The third-order valence-electron chi connectivity index (χ3n) is 2.83. The van der Waals surface area contributed by atoms with Crippen LogP contribution in [0.25, 0.3) is 0 Å². The highest BCUT2D eigenvalue weighted by atomic mass is 19.1. The SMILES string of the molecule is CC(O)(Cn1cc(F)cn1)C(=O)Nc1ccc(C(N)=O)nc1. The summed E-state index contributed by atoms with van der Waals surface area (Å²) in [5.74, 6) is -1.98. The van der Waals surface area contributed by atoms with E-state index in [1.54, 1.807) is 0 Å². The number of carbonyl (C=O) groups is 2. The van der Waals surface area contributed by atoms with Crippen molar-refractivity contribution >= 4 is 17.5 Å². The molecule has 0 spiro atoms. The molecule has 0 radical (unpaired) electrons. The zero-order valence-corrected chi connectivity index (χ0v) is 11.7. The Labute approximate surface area is 124 Å². The standard InChI is InChI=1S/C13H14FN5O3/c1-13(22,7-19-6-8(14)4-17-19)12(21)18-9-2-3-10(11(15)20)16-5-9/h2-6,22H,7H2,1H3,(H2,15,20)(H,18,21). The molecule has 2 heterocycles. The molecule has 0 bridgehead atoms. The van der Waals surface area contributed by atoms with Crippen molar-refractivity contribution < 1.29 is 19.1 Å². The minimum absolute atomic E-state index is 0.0526. The Bertz CT molecular complexity index is 696. The lowest BCUT2D eigenvalue weighted by Gasteiger charge is -2.22. The fourth-order valence-electron chi connectivity index (χ4n) is 1.69. The molecular weight excluding hydrogens is 293 g/mol. The summed E-state index contributed by atoms with van der Waals surface area (Å²) in [5.41, 5.74) is 3.57. The normalized spacial score (nSPS) is 13.4. The van der Waals surface area contributed by atoms with Crippen molar-refractivity contribution in [2.24, 2.45) is 5.73 Å². The van der Waals surface area contributed by atoms with Crippen LogP contribution in [-0.4, -0.2) is 37.3 Å². The van der Waals surface area contributed by atoms with E-state index < -0.39 is 23.2 Å². The van der Waals surface area contributed by atoms with Crippen LogP contribution in [0.3, 0.4) is 0 Å². The van der Waals surface area contributed by atoms with E-state index in [0.29, 0.717) is 0 Å². The van der Waals surface area contributed by atoms with Crippen LogP contribution >= 0.6 is 0 Å². The minimum Gasteiger partial charge on any atom is -0.378 e. The third kappa shape index (κ3) is 3.64. The smallest absolute Gasteiger partial charge is 0.267 e. The lowest BCUT2D eigenvalue weighted by atomic mass is 10.1. The van der Waals surface area contributed by atoms with Crippen molar-refractivity contribution in [3.8, 4) is 0 Å². The third-order valence-corrected chi connectivity index (χ3v) is 2.83. The van der Waals surface area contributed by atoms with Gasteiger partial charge >= 0.3 is 0 Å². The van der Waals surface area contributed by atoms with Gasteiger partial charge < -0.3 is 16.2 Å². The second-order valence-electron chi connectivity index (χ2n) is 4.88. The van der Waals surface area contributed by atoms with E-state index in [1.807, 2.05) is 0 Å². The number of hydrogen-bond donors (Lipinski definition) is 3. The van der Waals surface area contributed by atoms with Crippen molar-refractivity contribution in [3.05, 3.63) is 42.2 Å². The predicted octanol–water partition coefficient (Wildman–Crippen LogP) is -0.0942. The topological polar surface area (TPSA) is 123 Å². The molecule has 116 valence electrons. The fourth-order valence-corrected chi connectivity index (χ4v) is 1.69. The zero-order valence-electron chi connectivity index (χ0n) is 11.7. The summed E-state index contributed by atoms with van der Waals surface area (Å²) in [6.45, 7) is 1.04. The first-order valence-electron chi connectivity index (χ1n) is 6.25. The molecule has 2 amide bonds. The summed E-state index contributed by atoms with van der Waals surface area (Å²) in [6, 6.07) is 2.77. The molecule has 1 atom stereocenters. The Morgan fingerprint density at radius 1 is 1.45 bits per heavy atom. The van der Waals surface area contributed by atoms with Crippen LogP contribution in [0.1, 0.15) is 17.4 Å². The number of hydrogen-bond acceptors (Lipinski definition) is 5. The average Bonchev–Trinajstić information content (AvgIpc) is 2.83. The van der Waals surface area contributed by atoms with Gasteiger partial charge in [0.05, 0.1) is 30.8 Å². The summed E-state index contributed by atoms with van der Waals surface area (Å²) in [7, 11) is 0. The summed E-state index contributed by atoms with van der Waals surface area (Å²) in [5, 5.41) is 16.3. The Morgan fingerprint density at radius 2 is 2.18 bits per heavy atom. The molecule has 2 rings (SSSR count). The molecule has 8 nitrogen and oxygen atoms in total. The number of halogens is 1. The van der Waals surface area contributed by atoms with Crippen LogP contribution in [0.15, 0.2) is 30.7 Å². The maximum absolute atomic E-state index is 12.8. The Morgan fingerprint density at radius 3 is 2.68 bits per heavy atom. The molecule has 0 aliphatic rings. The highest BCUT2D eigenvalue weighted by Gasteiger charge is 2.31. The number of primary amides is 1. The number of aromatic nitrogens is 3. The minimum atomic E-state index is -1.82. The molecule has 0 saturated carbocycles. The fraction of sp³-hybridized carbons (Fsp3) is 0.231. The van der Waals surface area contributed by atoms with Gasteiger partial charge in [-0.2, -0.15) is 5.10 Å². The number of amides is 2. The molecule has 0 aromatic carbocycles. The van der Waals surface area contributed by atoms with Gasteiger partial charge in [0.2, 0.25) is 0 Å². The van der Waals surface area contributed by atoms with Gasteiger partial charge in [0.15, 0.2) is 11.4 Å². The number of pyridine rings is 1. The van der Waals surface area contributed by atoms with E-state index in [-0.39, 0.29) is 17.9 Å². The first kappa shape index (κ1) is 15.6. The van der Waals surface area contributed by atoms with Gasteiger partial charge in [-0.05, 0) is 19.1 Å². The number of carbonyl (C=O) groups excluding carboxylic acids is 2. The summed E-state index contributed by atoms with van der Waals surface area (Å²) in [6.07, 6.45) is 3.27. The lowest BCUT2D eigenvalue weighted by Crippen LogP contribution is -2.43. The predicted molar refractivity (Wildman–Crippen MR) is 74.2 cm³/mol. The molecule has 0 aliphatic carbocycles. The number of rotatable bonds is 5. The summed E-state index contributed by atoms with van der Waals surface area (Å²) < 4.78 is 14.0. The van der Waals surface area contributed by atoms with Gasteiger partial charge in [-0.3, -0.25) is 14.3 Å². The molecule has 2 aromatic heterocycles. The van der Waals surface area contributed by atoms with Crippen LogP contribution in [0.2, 0.25) is 0 Å². The van der Waals surface area contributed by atoms with Gasteiger partial charge in [-0.15, -0.1) is 0 Å². The highest BCUT2D eigenvalue weighted by molar-refractivity contribution is 5.97. The molecule has 9 heteroatoms. The second kappa shape index (κ2) is 5.90. The number of aliphatic hydroxyl groups is 1. The van der Waals surface area contributed by atoms with E-state index >= 15 is 0 Å². The summed E-state index contributed by atoms with van der Waals surface area (Å²) in [4.78, 5) is 26.7. The van der Waals surface area contributed by atoms with Gasteiger partial charge in [0, 0.05) is 0 Å². The lowest BCUT2D eigenvalue weighted by molar-refractivity contribution is -0.133. The van der Waals surface area contributed by atoms with Crippen LogP contribution in [-0.2, 0) is 11.3 Å². The van der Waals surface area contributed by atoms with Crippen LogP contribution in [0, 0.1) is 5.82 Å². The number of nitrogens with two attached hydrogens (primary N) is 1. The molecule has 0 aliphatic heterocycles. The van der Waals surface area contributed by atoms with Gasteiger partial charge in [-0.1, -0.05) is 0 Å². The second-order valence-corrected chi connectivity index (χ2v) is 4.88. The van der Waals surface area contributed by atoms with E-state index in [2.05, 4.69) is 15.4 Å². The number of nitrogens with one attached hydrogen (secondary N) is 1. The monoisotopic (exact) mass is 307 g/mol. The van der Waals surface area contributed by atoms with Gasteiger partial charge in [-0.25, -0.2) is 9.37 Å². The average molecular weight is 307 g/mol. The van der Waals surface area contributed by atoms with E-state index in [9.17, 15) is 19.1 Å². The molecule has 22 heavy (non-hydrogen) atoms. The van der Waals surface area contributed by atoms with Gasteiger partial charge in [0.25, 0.3) is 11.8 Å². The van der Waals surface area contributed by atoms with E-state index in [4.69, 9.17) is 5.73 Å². The number of anilines is 1. The highest BCUT2D eigenvalue weighted by Crippen LogP contribution is 2.13. The molecule has 0 fully saturated rings. The van der Waals surface area contributed by atoms with Crippen molar-refractivity contribution in [2.75, 3.05) is 5.32 Å². The van der Waals surface area contributed by atoms with Crippen molar-refractivity contribution in [1.29, 1.82) is 0 Å². The van der Waals surface area contributed by atoms with Crippen molar-refractivity contribution in [2.45, 2.75) is 19.1 Å². The van der Waals surface area contributed by atoms with Crippen LogP contribution < -0.4 is 11.1 Å².